The van der Waals surface area contributed by atoms with Gasteiger partial charge in [0.1, 0.15) is 0 Å². The van der Waals surface area contributed by atoms with E-state index in [-0.39, 0.29) is 25.0 Å². The number of carbonyl (C=O) groups excluding carboxylic acids is 2. The number of nitrogens with zero attached hydrogens (tertiary/aromatic N) is 4. The average Bonchev–Trinajstić information content (AvgIpc) is 2.94. The summed E-state index contributed by atoms with van der Waals surface area (Å²) >= 11 is -1.63. The Morgan fingerprint density at radius 1 is 1.08 bits per heavy atom. The van der Waals surface area contributed by atoms with Gasteiger partial charge in [-0.2, -0.15) is 4.31 Å². The SMILES string of the molecule is N=C(N)N1CCCC(C[C@H]2C(=O)N(C(=O)N3CCN(S(=O)OCCCCc4ccccc4)CC3)C2C(=O)O)C1. The van der Waals surface area contributed by atoms with Crippen molar-refractivity contribution in [2.45, 2.75) is 44.6 Å². The number of rotatable bonds is 10. The van der Waals surface area contributed by atoms with Crippen molar-refractivity contribution < 1.29 is 27.9 Å². The van der Waals surface area contributed by atoms with Crippen molar-refractivity contribution in [2.75, 3.05) is 45.9 Å². The summed E-state index contributed by atoms with van der Waals surface area (Å²) in [4.78, 5) is 42.1. The van der Waals surface area contributed by atoms with Crippen LogP contribution >= 0.6 is 0 Å². The van der Waals surface area contributed by atoms with E-state index in [1.807, 2.05) is 18.2 Å². The number of piperidine rings is 1. The molecule has 3 saturated heterocycles. The maximum atomic E-state index is 13.1. The zero-order valence-electron chi connectivity index (χ0n) is 22.1. The second-order valence-electron chi connectivity index (χ2n) is 10.4. The van der Waals surface area contributed by atoms with Crippen molar-refractivity contribution in [3.05, 3.63) is 35.9 Å². The number of carbonyl (C=O) groups is 3. The van der Waals surface area contributed by atoms with Gasteiger partial charge in [-0.3, -0.25) is 14.4 Å². The number of nitrogens with one attached hydrogen (secondary N) is 1. The van der Waals surface area contributed by atoms with E-state index in [1.165, 1.54) is 10.5 Å². The minimum absolute atomic E-state index is 0.0280. The van der Waals surface area contributed by atoms with Crippen molar-refractivity contribution in [2.24, 2.45) is 17.6 Å². The normalized spacial score (nSPS) is 24.8. The number of unbranched alkanes of at least 4 members (excludes halogenated alkanes) is 1. The van der Waals surface area contributed by atoms with E-state index >= 15 is 0 Å². The molecule has 1 aromatic rings. The van der Waals surface area contributed by atoms with Gasteiger partial charge in [0.25, 0.3) is 0 Å². The molecular formula is C26H38N6O6S. The molecule has 1 aromatic carbocycles. The fourth-order valence-corrected chi connectivity index (χ4v) is 6.44. The van der Waals surface area contributed by atoms with Crippen molar-refractivity contribution in [3.8, 4) is 0 Å². The largest absolute Gasteiger partial charge is 0.480 e. The Morgan fingerprint density at radius 3 is 2.46 bits per heavy atom. The molecule has 39 heavy (non-hydrogen) atoms. The van der Waals surface area contributed by atoms with E-state index in [0.717, 1.165) is 37.0 Å². The molecule has 3 heterocycles. The molecule has 0 aliphatic carbocycles. The first kappa shape index (κ1) is 29.0. The number of β-lactam (4-membered cyclic amide) rings is 1. The molecule has 3 aliphatic rings. The topological polar surface area (TPSA) is 161 Å². The van der Waals surface area contributed by atoms with Gasteiger partial charge in [0.15, 0.2) is 12.0 Å². The number of hydrogen-bond donors (Lipinski definition) is 3. The predicted octanol–water partition coefficient (Wildman–Crippen LogP) is 1.25. The average molecular weight is 563 g/mol. The summed E-state index contributed by atoms with van der Waals surface area (Å²) in [6.45, 7) is 2.59. The number of imide groups is 1. The van der Waals surface area contributed by atoms with Crippen LogP contribution in [0.15, 0.2) is 30.3 Å². The van der Waals surface area contributed by atoms with Crippen molar-refractivity contribution in [1.29, 1.82) is 5.41 Å². The Morgan fingerprint density at radius 2 is 1.79 bits per heavy atom. The molecule has 3 amide bonds. The first-order valence-electron chi connectivity index (χ1n) is 13.5. The number of guanidine groups is 1. The summed E-state index contributed by atoms with van der Waals surface area (Å²) in [7, 11) is 0. The second kappa shape index (κ2) is 13.4. The Balaban J connectivity index is 1.20. The van der Waals surface area contributed by atoms with E-state index < -0.39 is 41.1 Å². The van der Waals surface area contributed by atoms with Crippen molar-refractivity contribution >= 4 is 35.1 Å². The highest BCUT2D eigenvalue weighted by Gasteiger charge is 2.56. The number of aryl methyl sites for hydroxylation is 1. The lowest BCUT2D eigenvalue weighted by Gasteiger charge is -2.47. The summed E-state index contributed by atoms with van der Waals surface area (Å²) in [5, 5.41) is 17.5. The van der Waals surface area contributed by atoms with Crippen LogP contribution in [0.5, 0.6) is 0 Å². The third-order valence-electron chi connectivity index (χ3n) is 7.73. The molecule has 0 aromatic heterocycles. The Kier molecular flexibility index (Phi) is 9.92. The summed E-state index contributed by atoms with van der Waals surface area (Å²) in [5.74, 6) is -2.44. The molecule has 13 heteroatoms. The lowest BCUT2D eigenvalue weighted by molar-refractivity contribution is -0.167. The van der Waals surface area contributed by atoms with Gasteiger partial charge in [-0.1, -0.05) is 30.3 Å². The van der Waals surface area contributed by atoms with Gasteiger partial charge in [-0.05, 0) is 50.0 Å². The van der Waals surface area contributed by atoms with Gasteiger partial charge in [0.2, 0.25) is 17.2 Å². The highest BCUT2D eigenvalue weighted by Crippen LogP contribution is 2.36. The van der Waals surface area contributed by atoms with Crippen molar-refractivity contribution in [1.82, 2.24) is 19.0 Å². The minimum atomic E-state index is -1.63. The van der Waals surface area contributed by atoms with Crippen LogP contribution in [0.3, 0.4) is 0 Å². The van der Waals surface area contributed by atoms with Gasteiger partial charge in [0.05, 0.1) is 12.5 Å². The maximum Gasteiger partial charge on any atom is 0.327 e. The third-order valence-corrected chi connectivity index (χ3v) is 8.88. The zero-order valence-corrected chi connectivity index (χ0v) is 22.9. The molecule has 4 N–H and O–H groups in total. The van der Waals surface area contributed by atoms with E-state index in [4.69, 9.17) is 15.3 Å². The van der Waals surface area contributed by atoms with E-state index in [1.54, 1.807) is 9.21 Å². The fraction of sp³-hybridized carbons (Fsp3) is 0.615. The van der Waals surface area contributed by atoms with Crippen LogP contribution in [0.25, 0.3) is 0 Å². The molecule has 0 radical (unpaired) electrons. The highest BCUT2D eigenvalue weighted by molar-refractivity contribution is 7.77. The minimum Gasteiger partial charge on any atom is -0.480 e. The van der Waals surface area contributed by atoms with Crippen LogP contribution in [0, 0.1) is 17.2 Å². The smallest absolute Gasteiger partial charge is 0.327 e. The summed E-state index contributed by atoms with van der Waals surface area (Å²) in [6, 6.07) is 8.32. The quantitative estimate of drug-likeness (QED) is 0.166. The fourth-order valence-electron chi connectivity index (χ4n) is 5.57. The van der Waals surface area contributed by atoms with Gasteiger partial charge in [-0.25, -0.2) is 18.7 Å². The molecule has 3 aliphatic heterocycles. The Labute approximate surface area is 231 Å². The van der Waals surface area contributed by atoms with Crippen LogP contribution in [0.1, 0.15) is 37.7 Å². The third kappa shape index (κ3) is 7.14. The van der Waals surface area contributed by atoms with Crippen LogP contribution in [0.2, 0.25) is 0 Å². The number of likely N-dealkylation sites (tertiary alicyclic amines) is 2. The van der Waals surface area contributed by atoms with Gasteiger partial charge in [0, 0.05) is 39.3 Å². The number of piperazine rings is 1. The lowest BCUT2D eigenvalue weighted by Crippen LogP contribution is -2.69. The number of benzene rings is 1. The number of urea groups is 1. The number of carboxylic acid groups (broad SMARTS) is 1. The molecule has 0 bridgehead atoms. The van der Waals surface area contributed by atoms with Crippen LogP contribution in [-0.4, -0.2) is 104 Å². The summed E-state index contributed by atoms with van der Waals surface area (Å²) in [5.41, 5.74) is 6.85. The molecule has 4 atom stereocenters. The van der Waals surface area contributed by atoms with E-state index in [2.05, 4.69) is 12.1 Å². The number of carboxylic acids is 1. The molecular weight excluding hydrogens is 524 g/mol. The monoisotopic (exact) mass is 562 g/mol. The standard InChI is InChI=1S/C26H38N6O6S/c27-25(28)30-11-6-10-20(18-30)17-21-22(24(34)35)32(23(21)33)26(36)29-12-14-31(15-13-29)39(37)38-16-5-4-9-19-7-2-1-3-8-19/h1-3,7-8,20-22H,4-6,9-18H2,(H3,27,28)(H,34,35)/t20?,21-,22?,39?/m1/s1. The van der Waals surface area contributed by atoms with Gasteiger partial charge in [-0.15, -0.1) is 0 Å². The predicted molar refractivity (Wildman–Crippen MR) is 145 cm³/mol. The molecule has 12 nitrogen and oxygen atoms in total. The molecule has 0 saturated carbocycles. The van der Waals surface area contributed by atoms with Crippen molar-refractivity contribution in [3.63, 3.8) is 0 Å². The maximum absolute atomic E-state index is 13.1. The number of hydrogen-bond acceptors (Lipinski definition) is 6. The van der Waals surface area contributed by atoms with E-state index in [0.29, 0.717) is 39.2 Å². The first-order valence-corrected chi connectivity index (χ1v) is 14.6. The zero-order chi connectivity index (χ0) is 27.9. The Hall–Kier alpha value is -3.03. The van der Waals surface area contributed by atoms with Crippen LogP contribution < -0.4 is 5.73 Å². The van der Waals surface area contributed by atoms with Crippen LogP contribution in [-0.2, 0) is 31.5 Å². The Bertz CT molecular complexity index is 1070. The molecule has 3 fully saturated rings. The number of aliphatic carboxylic acids is 1. The molecule has 3 unspecified atom stereocenters. The molecule has 4 rings (SSSR count). The summed E-state index contributed by atoms with van der Waals surface area (Å²) in [6.07, 6.45) is 4.62. The van der Waals surface area contributed by atoms with Gasteiger partial charge < -0.3 is 20.6 Å². The molecule has 214 valence electrons. The second-order valence-corrected chi connectivity index (χ2v) is 11.5. The lowest BCUT2D eigenvalue weighted by atomic mass is 9.78. The van der Waals surface area contributed by atoms with Gasteiger partial charge >= 0.3 is 12.0 Å². The van der Waals surface area contributed by atoms with E-state index in [9.17, 15) is 23.7 Å². The number of amides is 3. The summed E-state index contributed by atoms with van der Waals surface area (Å²) < 4.78 is 19.7. The highest BCUT2D eigenvalue weighted by atomic mass is 32.2. The molecule has 0 spiro atoms. The first-order chi connectivity index (χ1) is 18.8. The number of nitrogens with two attached hydrogens (primary N) is 1. The van der Waals surface area contributed by atoms with Crippen LogP contribution in [0.4, 0.5) is 4.79 Å².